The Bertz CT molecular complexity index is 765. The van der Waals surface area contributed by atoms with Crippen molar-refractivity contribution >= 4 is 21.9 Å². The lowest BCUT2D eigenvalue weighted by Gasteiger charge is -2.12. The first-order chi connectivity index (χ1) is 11.3. The van der Waals surface area contributed by atoms with Crippen LogP contribution in [0.25, 0.3) is 0 Å². The molecule has 1 aliphatic rings. The van der Waals surface area contributed by atoms with E-state index < -0.39 is 21.9 Å². The lowest BCUT2D eigenvalue weighted by molar-refractivity contribution is -0.141. The number of terminal acetylenes is 1. The number of carboxylic acids is 1. The van der Waals surface area contributed by atoms with E-state index in [0.29, 0.717) is 24.8 Å². The van der Waals surface area contributed by atoms with Gasteiger partial charge in [-0.1, -0.05) is 5.92 Å². The second-order valence-corrected chi connectivity index (χ2v) is 7.34. The van der Waals surface area contributed by atoms with Crippen LogP contribution in [0.4, 0.5) is 0 Å². The van der Waals surface area contributed by atoms with Crippen molar-refractivity contribution in [3.05, 3.63) is 29.8 Å². The van der Waals surface area contributed by atoms with Crippen LogP contribution < -0.4 is 10.0 Å². The Morgan fingerprint density at radius 1 is 1.25 bits per heavy atom. The molecule has 0 radical (unpaired) electrons. The Morgan fingerprint density at radius 2 is 1.92 bits per heavy atom. The zero-order valence-corrected chi connectivity index (χ0v) is 13.7. The van der Waals surface area contributed by atoms with Gasteiger partial charge in [0, 0.05) is 11.6 Å². The van der Waals surface area contributed by atoms with Crippen molar-refractivity contribution in [1.82, 2.24) is 10.0 Å². The Balaban J connectivity index is 1.99. The second kappa shape index (κ2) is 7.47. The predicted molar refractivity (Wildman–Crippen MR) is 86.7 cm³/mol. The van der Waals surface area contributed by atoms with E-state index >= 15 is 0 Å². The lowest BCUT2D eigenvalue weighted by atomic mass is 10.1. The van der Waals surface area contributed by atoms with Gasteiger partial charge in [0.15, 0.2) is 0 Å². The van der Waals surface area contributed by atoms with Crippen LogP contribution in [0.1, 0.15) is 29.6 Å². The first kappa shape index (κ1) is 18.0. The molecule has 0 unspecified atom stereocenters. The highest BCUT2D eigenvalue weighted by molar-refractivity contribution is 7.89. The maximum absolute atomic E-state index is 12.2. The van der Waals surface area contributed by atoms with E-state index in [-0.39, 0.29) is 23.4 Å². The number of hydrogen-bond donors (Lipinski definition) is 3. The topological polar surface area (TPSA) is 113 Å². The van der Waals surface area contributed by atoms with Gasteiger partial charge in [-0.25, -0.2) is 8.42 Å². The molecule has 0 aromatic heterocycles. The number of rotatable bonds is 6. The number of benzene rings is 1. The van der Waals surface area contributed by atoms with Crippen molar-refractivity contribution < 1.29 is 23.1 Å². The molecule has 1 aromatic carbocycles. The van der Waals surface area contributed by atoms with Crippen LogP contribution in [-0.4, -0.2) is 38.0 Å². The van der Waals surface area contributed by atoms with Gasteiger partial charge in [0.1, 0.15) is 0 Å². The molecule has 0 aliphatic heterocycles. The van der Waals surface area contributed by atoms with Crippen molar-refractivity contribution in [1.29, 1.82) is 0 Å². The zero-order valence-electron chi connectivity index (χ0n) is 12.9. The summed E-state index contributed by atoms with van der Waals surface area (Å²) in [5, 5.41) is 11.7. The molecule has 2 atom stereocenters. The van der Waals surface area contributed by atoms with Gasteiger partial charge in [0.2, 0.25) is 10.0 Å². The first-order valence-electron chi connectivity index (χ1n) is 7.40. The van der Waals surface area contributed by atoms with Gasteiger partial charge in [0.05, 0.1) is 17.4 Å². The van der Waals surface area contributed by atoms with Crippen LogP contribution in [0.3, 0.4) is 0 Å². The van der Waals surface area contributed by atoms with Crippen LogP contribution in [0.2, 0.25) is 0 Å². The molecule has 128 valence electrons. The lowest BCUT2D eigenvalue weighted by Crippen LogP contribution is -2.33. The van der Waals surface area contributed by atoms with E-state index in [9.17, 15) is 18.0 Å². The largest absolute Gasteiger partial charge is 0.481 e. The molecule has 7 nitrogen and oxygen atoms in total. The summed E-state index contributed by atoms with van der Waals surface area (Å²) in [6.07, 6.45) is 6.58. The van der Waals surface area contributed by atoms with Crippen molar-refractivity contribution in [2.45, 2.75) is 30.2 Å². The number of carboxylic acid groups (broad SMARTS) is 1. The summed E-state index contributed by atoms with van der Waals surface area (Å²) in [7, 11) is -3.69. The molecule has 1 aromatic rings. The minimum Gasteiger partial charge on any atom is -0.481 e. The smallest absolute Gasteiger partial charge is 0.306 e. The average Bonchev–Trinajstić information content (AvgIpc) is 3.02. The standard InChI is InChI=1S/C16H18N2O5S/c1-2-9-17-24(22,23)14-7-4-11(5-8-14)15(19)18-13-6-3-12(10-13)16(20)21/h1,4-5,7-8,12-13,17H,3,6,9-10H2,(H,18,19)(H,20,21)/t12-,13+/m0/s1. The fraction of sp³-hybridized carbons (Fsp3) is 0.375. The Kier molecular flexibility index (Phi) is 5.59. The quantitative estimate of drug-likeness (QED) is 0.650. The molecule has 0 bridgehead atoms. The van der Waals surface area contributed by atoms with Crippen LogP contribution in [0, 0.1) is 18.3 Å². The highest BCUT2D eigenvalue weighted by Crippen LogP contribution is 2.25. The number of carbonyl (C=O) groups is 2. The summed E-state index contributed by atoms with van der Waals surface area (Å²) < 4.78 is 26.0. The van der Waals surface area contributed by atoms with Crippen molar-refractivity contribution in [3.63, 3.8) is 0 Å². The molecule has 1 fully saturated rings. The van der Waals surface area contributed by atoms with E-state index in [2.05, 4.69) is 16.0 Å². The number of aliphatic carboxylic acids is 1. The molecule has 0 saturated heterocycles. The third-order valence-corrected chi connectivity index (χ3v) is 5.33. The van der Waals surface area contributed by atoms with Crippen molar-refractivity contribution in [2.75, 3.05) is 6.54 Å². The van der Waals surface area contributed by atoms with E-state index in [4.69, 9.17) is 11.5 Å². The normalized spacial score (nSPS) is 20.3. The molecule has 8 heteroatoms. The summed E-state index contributed by atoms with van der Waals surface area (Å²) in [6, 6.07) is 5.27. The summed E-state index contributed by atoms with van der Waals surface area (Å²) in [4.78, 5) is 23.1. The number of amides is 1. The first-order valence-corrected chi connectivity index (χ1v) is 8.88. The van der Waals surface area contributed by atoms with Crippen molar-refractivity contribution in [3.8, 4) is 12.3 Å². The second-order valence-electron chi connectivity index (χ2n) is 5.57. The molecular weight excluding hydrogens is 332 g/mol. The summed E-state index contributed by atoms with van der Waals surface area (Å²) in [5.74, 6) is 0.551. The monoisotopic (exact) mass is 350 g/mol. The molecule has 0 spiro atoms. The Morgan fingerprint density at radius 3 is 2.46 bits per heavy atom. The van der Waals surface area contributed by atoms with Gasteiger partial charge in [-0.2, -0.15) is 4.72 Å². The van der Waals surface area contributed by atoms with Gasteiger partial charge in [-0.15, -0.1) is 6.42 Å². The third-order valence-electron chi connectivity index (χ3n) is 3.91. The van der Waals surface area contributed by atoms with E-state index in [1.165, 1.54) is 24.3 Å². The number of hydrogen-bond acceptors (Lipinski definition) is 4. The molecule has 1 saturated carbocycles. The highest BCUT2D eigenvalue weighted by atomic mass is 32.2. The van der Waals surface area contributed by atoms with Crippen LogP contribution in [0.5, 0.6) is 0 Å². The van der Waals surface area contributed by atoms with Crippen LogP contribution in [-0.2, 0) is 14.8 Å². The highest BCUT2D eigenvalue weighted by Gasteiger charge is 2.30. The molecule has 3 N–H and O–H groups in total. The summed E-state index contributed by atoms with van der Waals surface area (Å²) >= 11 is 0. The van der Waals surface area contributed by atoms with E-state index in [1.54, 1.807) is 0 Å². The van der Waals surface area contributed by atoms with E-state index in [1.807, 2.05) is 0 Å². The molecule has 1 aliphatic carbocycles. The number of carbonyl (C=O) groups excluding carboxylic acids is 1. The van der Waals surface area contributed by atoms with E-state index in [0.717, 1.165) is 0 Å². The summed E-state index contributed by atoms with van der Waals surface area (Å²) in [6.45, 7) is -0.114. The number of sulfonamides is 1. The van der Waals surface area contributed by atoms with Gasteiger partial charge < -0.3 is 10.4 Å². The Hall–Kier alpha value is -2.37. The average molecular weight is 350 g/mol. The maximum Gasteiger partial charge on any atom is 0.306 e. The summed E-state index contributed by atoms with van der Waals surface area (Å²) in [5.41, 5.74) is 0.310. The molecule has 24 heavy (non-hydrogen) atoms. The van der Waals surface area contributed by atoms with Gasteiger partial charge in [-0.3, -0.25) is 9.59 Å². The van der Waals surface area contributed by atoms with Crippen LogP contribution in [0.15, 0.2) is 29.2 Å². The molecule has 0 heterocycles. The van der Waals surface area contributed by atoms with Crippen LogP contribution >= 0.6 is 0 Å². The fourth-order valence-electron chi connectivity index (χ4n) is 2.61. The fourth-order valence-corrected chi connectivity index (χ4v) is 3.55. The Labute approximate surface area is 140 Å². The molecular formula is C16H18N2O5S. The SMILES string of the molecule is C#CCNS(=O)(=O)c1ccc(C(=O)N[C@@H]2CC[C@H](C(=O)O)C2)cc1. The zero-order chi connectivity index (χ0) is 17.7. The minimum atomic E-state index is -3.69. The number of nitrogens with one attached hydrogen (secondary N) is 2. The molecule has 2 rings (SSSR count). The van der Waals surface area contributed by atoms with Gasteiger partial charge in [-0.05, 0) is 43.5 Å². The van der Waals surface area contributed by atoms with Gasteiger partial charge in [0.25, 0.3) is 5.91 Å². The van der Waals surface area contributed by atoms with Gasteiger partial charge >= 0.3 is 5.97 Å². The third kappa shape index (κ3) is 4.34. The van der Waals surface area contributed by atoms with Crippen molar-refractivity contribution in [2.24, 2.45) is 5.92 Å². The maximum atomic E-state index is 12.2. The molecule has 1 amide bonds. The minimum absolute atomic E-state index is 0.0149. The predicted octanol–water partition coefficient (Wildman–Crippen LogP) is 0.581.